The molecule has 1 aromatic carbocycles. The second kappa shape index (κ2) is 4.96. The highest BCUT2D eigenvalue weighted by Crippen LogP contribution is 2.23. The van der Waals surface area contributed by atoms with Crippen LogP contribution in [0.4, 0.5) is 5.69 Å². The van der Waals surface area contributed by atoms with Crippen molar-refractivity contribution in [3.63, 3.8) is 0 Å². The third kappa shape index (κ3) is 3.13. The number of benzene rings is 1. The van der Waals surface area contributed by atoms with Crippen molar-refractivity contribution in [1.29, 1.82) is 0 Å². The molecule has 1 saturated heterocycles. The minimum Gasteiger partial charge on any atom is -0.497 e. The Hall–Kier alpha value is -1.22. The molecule has 1 heterocycles. The minimum absolute atomic E-state index is 0.244. The fourth-order valence-electron chi connectivity index (χ4n) is 2.21. The van der Waals surface area contributed by atoms with Crippen LogP contribution in [-0.4, -0.2) is 32.3 Å². The molecular formula is C14H22N2O. The zero-order valence-corrected chi connectivity index (χ0v) is 11.0. The Morgan fingerprint density at radius 2 is 2.12 bits per heavy atom. The Kier molecular flexibility index (Phi) is 3.57. The molecule has 0 unspecified atom stereocenters. The topological polar surface area (TPSA) is 24.5 Å². The molecule has 0 radical (unpaired) electrons. The van der Waals surface area contributed by atoms with Gasteiger partial charge in [-0.05, 0) is 32.4 Å². The van der Waals surface area contributed by atoms with Gasteiger partial charge in [-0.3, -0.25) is 0 Å². The van der Waals surface area contributed by atoms with Gasteiger partial charge in [0.05, 0.1) is 7.11 Å². The first-order valence-electron chi connectivity index (χ1n) is 6.25. The van der Waals surface area contributed by atoms with Crippen molar-refractivity contribution in [2.45, 2.75) is 25.8 Å². The number of ether oxygens (including phenoxy) is 1. The molecule has 17 heavy (non-hydrogen) atoms. The lowest BCUT2D eigenvalue weighted by atomic mass is 10.0. The summed E-state index contributed by atoms with van der Waals surface area (Å²) in [5, 5.41) is 3.58. The van der Waals surface area contributed by atoms with Crippen molar-refractivity contribution in [3.8, 4) is 5.75 Å². The lowest BCUT2D eigenvalue weighted by Gasteiger charge is -2.25. The van der Waals surface area contributed by atoms with Gasteiger partial charge in [0, 0.05) is 36.9 Å². The second-order valence-corrected chi connectivity index (χ2v) is 5.25. The molecule has 0 amide bonds. The molecule has 1 N–H and O–H groups in total. The third-order valence-corrected chi connectivity index (χ3v) is 3.41. The summed E-state index contributed by atoms with van der Waals surface area (Å²) in [6.45, 7) is 7.71. The highest BCUT2D eigenvalue weighted by Gasteiger charge is 2.22. The van der Waals surface area contributed by atoms with Crippen LogP contribution in [0.15, 0.2) is 24.3 Å². The van der Waals surface area contributed by atoms with Gasteiger partial charge in [-0.15, -0.1) is 0 Å². The molecule has 1 aliphatic rings. The normalized spacial score (nSPS) is 19.8. The predicted octanol–water partition coefficient (Wildman–Crippen LogP) is 2.27. The van der Waals surface area contributed by atoms with E-state index >= 15 is 0 Å². The third-order valence-electron chi connectivity index (χ3n) is 3.41. The molecule has 0 bridgehead atoms. The summed E-state index contributed by atoms with van der Waals surface area (Å²) in [6, 6.07) is 8.31. The van der Waals surface area contributed by atoms with Gasteiger partial charge in [-0.2, -0.15) is 0 Å². The smallest absolute Gasteiger partial charge is 0.120 e. The fraction of sp³-hybridized carbons (Fsp3) is 0.571. The summed E-state index contributed by atoms with van der Waals surface area (Å²) in [4.78, 5) is 2.42. The maximum absolute atomic E-state index is 5.28. The molecule has 1 aliphatic heterocycles. The summed E-state index contributed by atoms with van der Waals surface area (Å²) < 4.78 is 5.28. The van der Waals surface area contributed by atoms with Gasteiger partial charge < -0.3 is 15.0 Å². The van der Waals surface area contributed by atoms with Crippen molar-refractivity contribution in [3.05, 3.63) is 24.3 Å². The lowest BCUT2D eigenvalue weighted by molar-refractivity contribution is 0.394. The van der Waals surface area contributed by atoms with E-state index in [1.807, 2.05) is 6.07 Å². The first kappa shape index (κ1) is 12.2. The maximum Gasteiger partial charge on any atom is 0.120 e. The summed E-state index contributed by atoms with van der Waals surface area (Å²) in [5.41, 5.74) is 1.50. The molecule has 0 saturated carbocycles. The molecule has 1 aromatic rings. The molecule has 0 spiro atoms. The van der Waals surface area contributed by atoms with Crippen LogP contribution in [0.3, 0.4) is 0 Å². The number of anilines is 1. The number of nitrogens with one attached hydrogen (secondary N) is 1. The van der Waals surface area contributed by atoms with Crippen molar-refractivity contribution in [2.75, 3.05) is 31.6 Å². The minimum atomic E-state index is 0.244. The highest BCUT2D eigenvalue weighted by molar-refractivity contribution is 5.51. The quantitative estimate of drug-likeness (QED) is 0.849. The van der Waals surface area contributed by atoms with E-state index in [0.29, 0.717) is 0 Å². The van der Waals surface area contributed by atoms with E-state index in [1.54, 1.807) is 7.11 Å². The van der Waals surface area contributed by atoms with E-state index in [0.717, 1.165) is 31.8 Å². The Morgan fingerprint density at radius 1 is 1.29 bits per heavy atom. The van der Waals surface area contributed by atoms with Crippen LogP contribution in [0.5, 0.6) is 5.75 Å². The van der Waals surface area contributed by atoms with E-state index < -0.39 is 0 Å². The SMILES string of the molecule is COc1cccc(N2CCNC(C)(C)CC2)c1. The average molecular weight is 234 g/mol. The van der Waals surface area contributed by atoms with E-state index in [-0.39, 0.29) is 5.54 Å². The summed E-state index contributed by atoms with van der Waals surface area (Å²) in [7, 11) is 1.71. The lowest BCUT2D eigenvalue weighted by Crippen LogP contribution is -2.39. The molecule has 3 nitrogen and oxygen atoms in total. The van der Waals surface area contributed by atoms with Crippen LogP contribution in [-0.2, 0) is 0 Å². The Bertz CT molecular complexity index is 376. The number of nitrogens with zero attached hydrogens (tertiary/aromatic N) is 1. The number of rotatable bonds is 2. The molecule has 1 fully saturated rings. The fourth-order valence-corrected chi connectivity index (χ4v) is 2.21. The van der Waals surface area contributed by atoms with E-state index in [1.165, 1.54) is 5.69 Å². The molecule has 3 heteroatoms. The van der Waals surface area contributed by atoms with Gasteiger partial charge in [0.15, 0.2) is 0 Å². The summed E-state index contributed by atoms with van der Waals surface area (Å²) in [6.07, 6.45) is 1.16. The largest absolute Gasteiger partial charge is 0.497 e. The van der Waals surface area contributed by atoms with E-state index in [9.17, 15) is 0 Å². The van der Waals surface area contributed by atoms with Crippen molar-refractivity contribution < 1.29 is 4.74 Å². The summed E-state index contributed by atoms with van der Waals surface area (Å²) >= 11 is 0. The van der Waals surface area contributed by atoms with Crippen LogP contribution >= 0.6 is 0 Å². The Balaban J connectivity index is 2.11. The monoisotopic (exact) mass is 234 g/mol. The van der Waals surface area contributed by atoms with Gasteiger partial charge in [-0.25, -0.2) is 0 Å². The maximum atomic E-state index is 5.28. The van der Waals surface area contributed by atoms with E-state index in [4.69, 9.17) is 4.74 Å². The van der Waals surface area contributed by atoms with Crippen molar-refractivity contribution >= 4 is 5.69 Å². The molecule has 0 atom stereocenters. The van der Waals surface area contributed by atoms with E-state index in [2.05, 4.69) is 42.3 Å². The van der Waals surface area contributed by atoms with Gasteiger partial charge >= 0.3 is 0 Å². The summed E-state index contributed by atoms with van der Waals surface area (Å²) in [5.74, 6) is 0.930. The molecular weight excluding hydrogens is 212 g/mol. The average Bonchev–Trinajstić information content (AvgIpc) is 2.50. The highest BCUT2D eigenvalue weighted by atomic mass is 16.5. The first-order chi connectivity index (χ1) is 8.11. The zero-order valence-electron chi connectivity index (χ0n) is 11.0. The first-order valence-corrected chi connectivity index (χ1v) is 6.25. The van der Waals surface area contributed by atoms with Gasteiger partial charge in [0.2, 0.25) is 0 Å². The Morgan fingerprint density at radius 3 is 2.88 bits per heavy atom. The van der Waals surface area contributed by atoms with Crippen LogP contribution in [0.2, 0.25) is 0 Å². The van der Waals surface area contributed by atoms with Crippen molar-refractivity contribution in [1.82, 2.24) is 5.32 Å². The van der Waals surface area contributed by atoms with Crippen LogP contribution in [0.1, 0.15) is 20.3 Å². The molecule has 0 aromatic heterocycles. The zero-order chi connectivity index (χ0) is 12.3. The van der Waals surface area contributed by atoms with Crippen LogP contribution in [0.25, 0.3) is 0 Å². The molecule has 2 rings (SSSR count). The Labute approximate surface area is 104 Å². The van der Waals surface area contributed by atoms with Crippen LogP contribution in [0, 0.1) is 0 Å². The van der Waals surface area contributed by atoms with Gasteiger partial charge in [0.1, 0.15) is 5.75 Å². The van der Waals surface area contributed by atoms with Crippen molar-refractivity contribution in [2.24, 2.45) is 0 Å². The van der Waals surface area contributed by atoms with Gasteiger partial charge in [-0.1, -0.05) is 6.07 Å². The number of methoxy groups -OCH3 is 1. The molecule has 94 valence electrons. The van der Waals surface area contributed by atoms with Gasteiger partial charge in [0.25, 0.3) is 0 Å². The standard InChI is InChI=1S/C14H22N2O/c1-14(2)7-9-16(10-8-15-14)12-5-4-6-13(11-12)17-3/h4-6,11,15H,7-10H2,1-3H3. The number of hydrogen-bond acceptors (Lipinski definition) is 3. The number of hydrogen-bond donors (Lipinski definition) is 1. The predicted molar refractivity (Wildman–Crippen MR) is 71.9 cm³/mol. The van der Waals surface area contributed by atoms with Crippen LogP contribution < -0.4 is 15.0 Å². The second-order valence-electron chi connectivity index (χ2n) is 5.25. The molecule has 0 aliphatic carbocycles.